The van der Waals surface area contributed by atoms with Crippen molar-refractivity contribution >= 4 is 15.9 Å². The van der Waals surface area contributed by atoms with Gasteiger partial charge in [-0.25, -0.2) is 0 Å². The molecule has 1 fully saturated rings. The van der Waals surface area contributed by atoms with Crippen LogP contribution in [-0.2, 0) is 19.4 Å². The maximum Gasteiger partial charge on any atom is 0.0235 e. The smallest absolute Gasteiger partial charge is 0.0235 e. The highest BCUT2D eigenvalue weighted by atomic mass is 79.9. The molecule has 0 radical (unpaired) electrons. The molecule has 1 aliphatic carbocycles. The van der Waals surface area contributed by atoms with Gasteiger partial charge in [0.05, 0.1) is 0 Å². The lowest BCUT2D eigenvalue weighted by atomic mass is 10.1. The molecule has 1 aliphatic heterocycles. The molecule has 0 bridgehead atoms. The van der Waals surface area contributed by atoms with Crippen LogP contribution >= 0.6 is 15.9 Å². The van der Waals surface area contributed by atoms with E-state index in [1.807, 2.05) is 0 Å². The Morgan fingerprint density at radius 1 is 1.18 bits per heavy atom. The highest BCUT2D eigenvalue weighted by Gasteiger charge is 2.16. The maximum atomic E-state index is 3.73. The molecule has 0 spiro atoms. The van der Waals surface area contributed by atoms with Crippen molar-refractivity contribution in [1.82, 2.24) is 10.2 Å². The fourth-order valence-electron chi connectivity index (χ4n) is 2.93. The van der Waals surface area contributed by atoms with Gasteiger partial charge in [-0.05, 0) is 42.0 Å². The number of benzene rings is 1. The third-order valence-corrected chi connectivity index (χ3v) is 4.54. The van der Waals surface area contributed by atoms with Crippen molar-refractivity contribution < 1.29 is 0 Å². The molecule has 2 nitrogen and oxygen atoms in total. The van der Waals surface area contributed by atoms with Gasteiger partial charge in [0.25, 0.3) is 0 Å². The summed E-state index contributed by atoms with van der Waals surface area (Å²) in [7, 11) is 0. The second-order valence-electron chi connectivity index (χ2n) is 5.10. The standard InChI is InChI=1S/C14H19BrN2/c15-14-9-11(8-12-2-1-3-13(12)14)10-17-6-4-16-5-7-17/h8-9,16H,1-7,10H2. The van der Waals surface area contributed by atoms with E-state index >= 15 is 0 Å². The second kappa shape index (κ2) is 5.09. The third-order valence-electron chi connectivity index (χ3n) is 3.84. The van der Waals surface area contributed by atoms with E-state index in [4.69, 9.17) is 0 Å². The summed E-state index contributed by atoms with van der Waals surface area (Å²) in [6, 6.07) is 4.75. The van der Waals surface area contributed by atoms with Crippen molar-refractivity contribution in [1.29, 1.82) is 0 Å². The zero-order valence-corrected chi connectivity index (χ0v) is 11.7. The van der Waals surface area contributed by atoms with Crippen LogP contribution < -0.4 is 5.32 Å². The number of nitrogens with one attached hydrogen (secondary N) is 1. The van der Waals surface area contributed by atoms with Crippen LogP contribution in [0.15, 0.2) is 16.6 Å². The summed E-state index contributed by atoms with van der Waals surface area (Å²) in [6.45, 7) is 5.72. The molecule has 3 rings (SSSR count). The van der Waals surface area contributed by atoms with Gasteiger partial charge in [-0.15, -0.1) is 0 Å². The zero-order valence-electron chi connectivity index (χ0n) is 10.1. The first-order valence-electron chi connectivity index (χ1n) is 6.56. The molecule has 1 N–H and O–H groups in total. The quantitative estimate of drug-likeness (QED) is 0.901. The van der Waals surface area contributed by atoms with E-state index in [1.165, 1.54) is 42.4 Å². The largest absolute Gasteiger partial charge is 0.314 e. The van der Waals surface area contributed by atoms with E-state index in [1.54, 1.807) is 11.1 Å². The van der Waals surface area contributed by atoms with Crippen molar-refractivity contribution in [2.24, 2.45) is 0 Å². The number of nitrogens with zero attached hydrogens (tertiary/aromatic N) is 1. The highest BCUT2D eigenvalue weighted by molar-refractivity contribution is 9.10. The van der Waals surface area contributed by atoms with Crippen molar-refractivity contribution in [2.75, 3.05) is 26.2 Å². The average Bonchev–Trinajstić information content (AvgIpc) is 2.79. The minimum Gasteiger partial charge on any atom is -0.314 e. The Morgan fingerprint density at radius 3 is 2.82 bits per heavy atom. The summed E-state index contributed by atoms with van der Waals surface area (Å²) < 4.78 is 1.33. The molecule has 0 aromatic heterocycles. The fourth-order valence-corrected chi connectivity index (χ4v) is 3.68. The predicted octanol–water partition coefficient (Wildman–Crippen LogP) is 2.34. The lowest BCUT2D eigenvalue weighted by molar-refractivity contribution is 0.233. The Labute approximate surface area is 112 Å². The average molecular weight is 295 g/mol. The van der Waals surface area contributed by atoms with Crippen molar-refractivity contribution in [2.45, 2.75) is 25.8 Å². The van der Waals surface area contributed by atoms with Gasteiger partial charge in [-0.2, -0.15) is 0 Å². The number of hydrogen-bond acceptors (Lipinski definition) is 2. The first kappa shape index (κ1) is 11.7. The van der Waals surface area contributed by atoms with Gasteiger partial charge in [-0.1, -0.05) is 22.0 Å². The van der Waals surface area contributed by atoms with Crippen LogP contribution in [0.5, 0.6) is 0 Å². The zero-order chi connectivity index (χ0) is 11.7. The molecule has 1 saturated heterocycles. The lowest BCUT2D eigenvalue weighted by Gasteiger charge is -2.27. The van der Waals surface area contributed by atoms with Crippen LogP contribution in [0.3, 0.4) is 0 Å². The van der Waals surface area contributed by atoms with E-state index < -0.39 is 0 Å². The van der Waals surface area contributed by atoms with Gasteiger partial charge in [-0.3, -0.25) is 4.90 Å². The Morgan fingerprint density at radius 2 is 2.00 bits per heavy atom. The Hall–Kier alpha value is -0.380. The van der Waals surface area contributed by atoms with Gasteiger partial charge >= 0.3 is 0 Å². The number of piperazine rings is 1. The van der Waals surface area contributed by atoms with Gasteiger partial charge in [0, 0.05) is 37.2 Å². The number of fused-ring (bicyclic) bond motifs is 1. The number of hydrogen-bond donors (Lipinski definition) is 1. The minimum absolute atomic E-state index is 1.10. The first-order valence-corrected chi connectivity index (χ1v) is 7.35. The maximum absolute atomic E-state index is 3.73. The van der Waals surface area contributed by atoms with Gasteiger partial charge in [0.2, 0.25) is 0 Å². The van der Waals surface area contributed by atoms with E-state index in [2.05, 4.69) is 38.3 Å². The molecule has 2 aliphatic rings. The third kappa shape index (κ3) is 2.56. The normalized spacial score (nSPS) is 20.5. The number of rotatable bonds is 2. The second-order valence-corrected chi connectivity index (χ2v) is 5.95. The van der Waals surface area contributed by atoms with Gasteiger partial charge < -0.3 is 5.32 Å². The monoisotopic (exact) mass is 294 g/mol. The minimum atomic E-state index is 1.10. The molecular formula is C14H19BrN2. The molecule has 1 aromatic rings. The Balaban J connectivity index is 1.76. The van der Waals surface area contributed by atoms with E-state index in [0.29, 0.717) is 0 Å². The van der Waals surface area contributed by atoms with Gasteiger partial charge in [0.1, 0.15) is 0 Å². The van der Waals surface area contributed by atoms with Crippen LogP contribution in [0.1, 0.15) is 23.1 Å². The lowest BCUT2D eigenvalue weighted by Crippen LogP contribution is -2.42. The van der Waals surface area contributed by atoms with Crippen LogP contribution in [-0.4, -0.2) is 31.1 Å². The van der Waals surface area contributed by atoms with Gasteiger partial charge in [0.15, 0.2) is 0 Å². The van der Waals surface area contributed by atoms with Crippen molar-refractivity contribution in [3.05, 3.63) is 33.3 Å². The fraction of sp³-hybridized carbons (Fsp3) is 0.571. The van der Waals surface area contributed by atoms with E-state index in [-0.39, 0.29) is 0 Å². The molecule has 1 heterocycles. The van der Waals surface area contributed by atoms with E-state index in [9.17, 15) is 0 Å². The highest BCUT2D eigenvalue weighted by Crippen LogP contribution is 2.30. The Kier molecular flexibility index (Phi) is 3.50. The van der Waals surface area contributed by atoms with Crippen molar-refractivity contribution in [3.63, 3.8) is 0 Å². The topological polar surface area (TPSA) is 15.3 Å². The molecule has 0 atom stereocenters. The molecule has 0 unspecified atom stereocenters. The molecular weight excluding hydrogens is 276 g/mol. The summed E-state index contributed by atoms with van der Waals surface area (Å²) in [5.41, 5.74) is 4.60. The van der Waals surface area contributed by atoms with Crippen molar-refractivity contribution in [3.8, 4) is 0 Å². The molecule has 0 amide bonds. The predicted molar refractivity (Wildman–Crippen MR) is 74.3 cm³/mol. The molecule has 17 heavy (non-hydrogen) atoms. The first-order chi connectivity index (χ1) is 8.33. The number of aryl methyl sites for hydroxylation is 1. The molecule has 0 saturated carbocycles. The summed E-state index contributed by atoms with van der Waals surface area (Å²) in [4.78, 5) is 2.54. The number of halogens is 1. The van der Waals surface area contributed by atoms with Crippen LogP contribution in [0.4, 0.5) is 0 Å². The summed E-state index contributed by atoms with van der Waals surface area (Å²) in [6.07, 6.45) is 3.85. The molecule has 92 valence electrons. The summed E-state index contributed by atoms with van der Waals surface area (Å²) in [5, 5.41) is 3.40. The summed E-state index contributed by atoms with van der Waals surface area (Å²) >= 11 is 3.73. The van der Waals surface area contributed by atoms with Crippen LogP contribution in [0.25, 0.3) is 0 Å². The van der Waals surface area contributed by atoms with Crippen LogP contribution in [0, 0.1) is 0 Å². The molecule has 3 heteroatoms. The SMILES string of the molecule is Brc1cc(CN2CCNCC2)cc2c1CCC2. The molecule has 1 aromatic carbocycles. The Bertz CT molecular complexity index is 411. The van der Waals surface area contributed by atoms with Crippen LogP contribution in [0.2, 0.25) is 0 Å². The summed E-state index contributed by atoms with van der Waals surface area (Å²) in [5.74, 6) is 0. The van der Waals surface area contributed by atoms with E-state index in [0.717, 1.165) is 19.6 Å².